The Kier molecular flexibility index (Phi) is 6.36. The largest absolute Gasteiger partial charge is 0.352 e. The number of hydrogen-bond acceptors (Lipinski definition) is 3. The van der Waals surface area contributed by atoms with E-state index >= 15 is 0 Å². The summed E-state index contributed by atoms with van der Waals surface area (Å²) < 4.78 is 2.31. The quantitative estimate of drug-likeness (QED) is 0.594. The van der Waals surface area contributed by atoms with E-state index in [1.165, 1.54) is 24.8 Å². The molecule has 1 N–H and O–H groups in total. The van der Waals surface area contributed by atoms with E-state index in [1.54, 1.807) is 24.5 Å². The molecule has 1 aromatic carbocycles. The molecule has 0 bridgehead atoms. The van der Waals surface area contributed by atoms with Gasteiger partial charge >= 0.3 is 0 Å². The average Bonchev–Trinajstić information content (AvgIpc) is 3.03. The van der Waals surface area contributed by atoms with E-state index in [9.17, 15) is 4.79 Å². The maximum absolute atomic E-state index is 12.2. The molecule has 0 unspecified atom stereocenters. The molecule has 0 aliphatic heterocycles. The Morgan fingerprint density at radius 2 is 2.00 bits per heavy atom. The molecule has 2 aromatic heterocycles. The fourth-order valence-electron chi connectivity index (χ4n) is 3.15. The van der Waals surface area contributed by atoms with E-state index in [0.717, 1.165) is 24.3 Å². The average molecular weight is 350 g/mol. The second kappa shape index (κ2) is 9.13. The van der Waals surface area contributed by atoms with Gasteiger partial charge in [0, 0.05) is 31.9 Å². The summed E-state index contributed by atoms with van der Waals surface area (Å²) in [6, 6.07) is 11.8. The van der Waals surface area contributed by atoms with Gasteiger partial charge in [0.15, 0.2) is 0 Å². The molecule has 136 valence electrons. The second-order valence-corrected chi connectivity index (χ2v) is 6.48. The summed E-state index contributed by atoms with van der Waals surface area (Å²) >= 11 is 0. The van der Waals surface area contributed by atoms with Crippen molar-refractivity contribution in [1.29, 1.82) is 0 Å². The zero-order valence-electron chi connectivity index (χ0n) is 15.3. The van der Waals surface area contributed by atoms with E-state index in [2.05, 4.69) is 40.0 Å². The Labute approximate surface area is 154 Å². The Hall–Kier alpha value is -2.69. The lowest BCUT2D eigenvalue weighted by atomic mass is 10.2. The molecule has 0 saturated carbocycles. The molecule has 2 heterocycles. The van der Waals surface area contributed by atoms with Crippen molar-refractivity contribution in [3.05, 3.63) is 60.2 Å². The summed E-state index contributed by atoms with van der Waals surface area (Å²) in [6.45, 7) is 3.77. The Morgan fingerprint density at radius 1 is 1.12 bits per heavy atom. The highest BCUT2D eigenvalue weighted by Gasteiger charge is 2.11. The molecule has 5 heteroatoms. The number of pyridine rings is 1. The van der Waals surface area contributed by atoms with E-state index in [4.69, 9.17) is 4.98 Å². The van der Waals surface area contributed by atoms with Crippen molar-refractivity contribution in [2.75, 3.05) is 6.54 Å². The molecule has 1 amide bonds. The first-order valence-corrected chi connectivity index (χ1v) is 9.42. The molecule has 3 rings (SSSR count). The smallest absolute Gasteiger partial charge is 0.252 e. The summed E-state index contributed by atoms with van der Waals surface area (Å²) in [5, 5.41) is 2.96. The van der Waals surface area contributed by atoms with Gasteiger partial charge in [-0.3, -0.25) is 9.78 Å². The Bertz CT molecular complexity index is 842. The second-order valence-electron chi connectivity index (χ2n) is 6.48. The highest BCUT2D eigenvalue weighted by atomic mass is 16.1. The first kappa shape index (κ1) is 18.1. The summed E-state index contributed by atoms with van der Waals surface area (Å²) in [4.78, 5) is 20.9. The standard InChI is InChI=1S/C21H26N4O/c1-2-3-4-7-15-25-19-11-6-5-10-18(19)24-20(25)12-14-23-21(26)17-9-8-13-22-16-17/h5-6,8-11,13,16H,2-4,7,12,14-15H2,1H3,(H,23,26). The van der Waals surface area contributed by atoms with Gasteiger partial charge in [0.25, 0.3) is 5.91 Å². The van der Waals surface area contributed by atoms with Gasteiger partial charge in [-0.2, -0.15) is 0 Å². The predicted octanol–water partition coefficient (Wildman–Crippen LogP) is 3.98. The van der Waals surface area contributed by atoms with Crippen molar-refractivity contribution >= 4 is 16.9 Å². The van der Waals surface area contributed by atoms with Crippen LogP contribution in [0.3, 0.4) is 0 Å². The lowest BCUT2D eigenvalue weighted by Crippen LogP contribution is -2.26. The molecule has 0 radical (unpaired) electrons. The first-order chi connectivity index (χ1) is 12.8. The number of amides is 1. The molecular weight excluding hydrogens is 324 g/mol. The van der Waals surface area contributed by atoms with Crippen molar-refractivity contribution in [3.8, 4) is 0 Å². The molecule has 0 saturated heterocycles. The van der Waals surface area contributed by atoms with Gasteiger partial charge in [0.2, 0.25) is 0 Å². The monoisotopic (exact) mass is 350 g/mol. The van der Waals surface area contributed by atoms with Crippen LogP contribution in [0.1, 0.15) is 48.8 Å². The number of aromatic nitrogens is 3. The highest BCUT2D eigenvalue weighted by molar-refractivity contribution is 5.93. The summed E-state index contributed by atoms with van der Waals surface area (Å²) in [7, 11) is 0. The normalized spacial score (nSPS) is 11.0. The van der Waals surface area contributed by atoms with Crippen molar-refractivity contribution in [2.45, 2.75) is 45.6 Å². The lowest BCUT2D eigenvalue weighted by Gasteiger charge is -2.10. The molecule has 0 aliphatic rings. The van der Waals surface area contributed by atoms with Crippen LogP contribution in [-0.2, 0) is 13.0 Å². The van der Waals surface area contributed by atoms with Gasteiger partial charge in [0.05, 0.1) is 16.6 Å². The zero-order chi connectivity index (χ0) is 18.2. The maximum atomic E-state index is 12.2. The van der Waals surface area contributed by atoms with Crippen LogP contribution < -0.4 is 5.32 Å². The number of rotatable bonds is 9. The van der Waals surface area contributed by atoms with Crippen molar-refractivity contribution < 1.29 is 4.79 Å². The summed E-state index contributed by atoms with van der Waals surface area (Å²) in [5.74, 6) is 0.942. The third-order valence-corrected chi connectivity index (χ3v) is 4.53. The molecule has 0 fully saturated rings. The summed E-state index contributed by atoms with van der Waals surface area (Å²) in [6.07, 6.45) is 8.86. The molecule has 0 spiro atoms. The molecule has 3 aromatic rings. The fraction of sp³-hybridized carbons (Fsp3) is 0.381. The number of nitrogens with zero attached hydrogens (tertiary/aromatic N) is 3. The number of aryl methyl sites for hydroxylation is 1. The Morgan fingerprint density at radius 3 is 2.81 bits per heavy atom. The third kappa shape index (κ3) is 4.48. The molecule has 0 atom stereocenters. The number of nitrogens with one attached hydrogen (secondary N) is 1. The third-order valence-electron chi connectivity index (χ3n) is 4.53. The minimum absolute atomic E-state index is 0.0938. The molecule has 26 heavy (non-hydrogen) atoms. The van der Waals surface area contributed by atoms with Crippen LogP contribution in [0.15, 0.2) is 48.8 Å². The fourth-order valence-corrected chi connectivity index (χ4v) is 3.15. The van der Waals surface area contributed by atoms with Crippen LogP contribution in [0.25, 0.3) is 11.0 Å². The van der Waals surface area contributed by atoms with Gasteiger partial charge in [-0.1, -0.05) is 38.3 Å². The number of carbonyl (C=O) groups excluding carboxylic acids is 1. The van der Waals surface area contributed by atoms with Gasteiger partial charge in [0.1, 0.15) is 5.82 Å². The predicted molar refractivity (Wildman–Crippen MR) is 104 cm³/mol. The van der Waals surface area contributed by atoms with Crippen molar-refractivity contribution in [1.82, 2.24) is 19.9 Å². The minimum Gasteiger partial charge on any atom is -0.352 e. The number of benzene rings is 1. The van der Waals surface area contributed by atoms with Crippen LogP contribution in [0.2, 0.25) is 0 Å². The van der Waals surface area contributed by atoms with E-state index in [-0.39, 0.29) is 5.91 Å². The number of hydrogen-bond donors (Lipinski definition) is 1. The van der Waals surface area contributed by atoms with E-state index in [0.29, 0.717) is 18.5 Å². The Balaban J connectivity index is 1.65. The van der Waals surface area contributed by atoms with E-state index in [1.807, 2.05) is 6.07 Å². The van der Waals surface area contributed by atoms with Gasteiger partial charge in [-0.05, 0) is 30.7 Å². The number of carbonyl (C=O) groups is 1. The minimum atomic E-state index is -0.0938. The van der Waals surface area contributed by atoms with Crippen LogP contribution >= 0.6 is 0 Å². The van der Waals surface area contributed by atoms with E-state index < -0.39 is 0 Å². The summed E-state index contributed by atoms with van der Waals surface area (Å²) in [5.41, 5.74) is 2.79. The van der Waals surface area contributed by atoms with Crippen molar-refractivity contribution in [3.63, 3.8) is 0 Å². The van der Waals surface area contributed by atoms with Crippen LogP contribution in [0.4, 0.5) is 0 Å². The van der Waals surface area contributed by atoms with Crippen LogP contribution in [0.5, 0.6) is 0 Å². The molecule has 5 nitrogen and oxygen atoms in total. The van der Waals surface area contributed by atoms with Crippen molar-refractivity contribution in [2.24, 2.45) is 0 Å². The number of fused-ring (bicyclic) bond motifs is 1. The maximum Gasteiger partial charge on any atom is 0.252 e. The lowest BCUT2D eigenvalue weighted by molar-refractivity contribution is 0.0953. The number of unbranched alkanes of at least 4 members (excludes halogenated alkanes) is 3. The van der Waals surface area contributed by atoms with Gasteiger partial charge in [-0.15, -0.1) is 0 Å². The number of imidazole rings is 1. The molecular formula is C21H26N4O. The van der Waals surface area contributed by atoms with Crippen LogP contribution in [-0.4, -0.2) is 27.0 Å². The molecule has 0 aliphatic carbocycles. The number of para-hydroxylation sites is 2. The van der Waals surface area contributed by atoms with Gasteiger partial charge in [-0.25, -0.2) is 4.98 Å². The zero-order valence-corrected chi connectivity index (χ0v) is 15.3. The topological polar surface area (TPSA) is 59.8 Å². The van der Waals surface area contributed by atoms with Crippen LogP contribution in [0, 0.1) is 0 Å². The first-order valence-electron chi connectivity index (χ1n) is 9.42. The SMILES string of the molecule is CCCCCCn1c(CCNC(=O)c2cccnc2)nc2ccccc21. The highest BCUT2D eigenvalue weighted by Crippen LogP contribution is 2.17. The van der Waals surface area contributed by atoms with Gasteiger partial charge < -0.3 is 9.88 Å².